The van der Waals surface area contributed by atoms with Crippen LogP contribution in [0.2, 0.25) is 0 Å². The fourth-order valence-electron chi connectivity index (χ4n) is 2.32. The molecule has 1 atom stereocenters. The second-order valence-electron chi connectivity index (χ2n) is 6.08. The molecule has 0 spiro atoms. The number of rotatable bonds is 1. The van der Waals surface area contributed by atoms with Gasteiger partial charge in [0.1, 0.15) is 5.60 Å². The molecule has 0 saturated carbocycles. The van der Waals surface area contributed by atoms with Crippen LogP contribution in [0, 0.1) is 0 Å². The van der Waals surface area contributed by atoms with Gasteiger partial charge in [0.2, 0.25) is 6.23 Å². The van der Waals surface area contributed by atoms with Crippen LogP contribution in [0.1, 0.15) is 45.0 Å². The summed E-state index contributed by atoms with van der Waals surface area (Å²) in [5.41, 5.74) is 1.34. The fourth-order valence-corrected chi connectivity index (χ4v) is 2.32. The summed E-state index contributed by atoms with van der Waals surface area (Å²) < 4.78 is 10.8. The molecule has 1 unspecified atom stereocenters. The maximum absolute atomic E-state index is 12.3. The van der Waals surface area contributed by atoms with Gasteiger partial charge >= 0.3 is 12.1 Å². The Labute approximate surface area is 124 Å². The maximum Gasteiger partial charge on any atom is 0.413 e. The number of carbonyl (C=O) groups excluding carboxylic acids is 2. The molecular formula is C16H21NO4. The Bertz CT molecular complexity index is 547. The first-order chi connectivity index (χ1) is 9.78. The largest absolute Gasteiger partial charge is 0.444 e. The smallest absolute Gasteiger partial charge is 0.413 e. The van der Waals surface area contributed by atoms with E-state index >= 15 is 0 Å². The van der Waals surface area contributed by atoms with Gasteiger partial charge in [0.25, 0.3) is 0 Å². The second kappa shape index (κ2) is 5.76. The van der Waals surface area contributed by atoms with Gasteiger partial charge in [-0.15, -0.1) is 0 Å². The van der Waals surface area contributed by atoms with Crippen molar-refractivity contribution in [2.75, 3.05) is 6.54 Å². The van der Waals surface area contributed by atoms with Gasteiger partial charge in [-0.25, -0.2) is 4.79 Å². The van der Waals surface area contributed by atoms with E-state index < -0.39 is 23.9 Å². The van der Waals surface area contributed by atoms with Gasteiger partial charge < -0.3 is 9.47 Å². The van der Waals surface area contributed by atoms with Crippen LogP contribution in [-0.4, -0.2) is 29.1 Å². The second-order valence-corrected chi connectivity index (χ2v) is 6.08. The Morgan fingerprint density at radius 2 is 1.90 bits per heavy atom. The maximum atomic E-state index is 12.3. The highest BCUT2D eigenvalue weighted by Gasteiger charge is 2.35. The highest BCUT2D eigenvalue weighted by atomic mass is 16.6. The Hall–Kier alpha value is -2.04. The Morgan fingerprint density at radius 1 is 1.24 bits per heavy atom. The van der Waals surface area contributed by atoms with Crippen molar-refractivity contribution < 1.29 is 19.1 Å². The number of fused-ring (bicyclic) bond motifs is 1. The van der Waals surface area contributed by atoms with Crippen molar-refractivity contribution in [3.05, 3.63) is 35.4 Å². The third-order valence-corrected chi connectivity index (χ3v) is 3.13. The summed E-state index contributed by atoms with van der Waals surface area (Å²) in [5.74, 6) is -0.426. The molecule has 0 bridgehead atoms. The molecule has 114 valence electrons. The molecule has 0 fully saturated rings. The molecule has 0 saturated heterocycles. The van der Waals surface area contributed by atoms with Crippen molar-refractivity contribution in [3.63, 3.8) is 0 Å². The molecule has 1 aliphatic heterocycles. The minimum absolute atomic E-state index is 0.426. The van der Waals surface area contributed by atoms with E-state index in [0.29, 0.717) is 13.0 Å². The number of carbonyl (C=O) groups is 2. The normalized spacial score (nSPS) is 17.9. The van der Waals surface area contributed by atoms with Gasteiger partial charge in [-0.1, -0.05) is 24.3 Å². The number of ether oxygens (including phenoxy) is 2. The van der Waals surface area contributed by atoms with Crippen LogP contribution in [0.5, 0.6) is 0 Å². The summed E-state index contributed by atoms with van der Waals surface area (Å²) in [6, 6.07) is 7.67. The molecule has 1 aromatic rings. The van der Waals surface area contributed by atoms with Gasteiger partial charge in [0.15, 0.2) is 0 Å². The first-order valence-corrected chi connectivity index (χ1v) is 7.02. The van der Waals surface area contributed by atoms with Crippen molar-refractivity contribution in [2.45, 2.75) is 45.9 Å². The topological polar surface area (TPSA) is 55.8 Å². The summed E-state index contributed by atoms with van der Waals surface area (Å²) in [6.07, 6.45) is -0.474. The predicted octanol–water partition coefficient (Wildman–Crippen LogP) is 3.04. The molecule has 2 rings (SSSR count). The molecule has 0 N–H and O–H groups in total. The number of esters is 1. The third-order valence-electron chi connectivity index (χ3n) is 3.13. The molecule has 0 aromatic heterocycles. The standard InChI is InChI=1S/C16H21NO4/c1-11(18)20-14-13-8-6-5-7-12(13)9-10-17(14)15(19)21-16(2,3)4/h5-8,14H,9-10H2,1-4H3. The first kappa shape index (κ1) is 15.4. The SMILES string of the molecule is CC(=O)OC1c2ccccc2CCN1C(=O)OC(C)(C)C. The first-order valence-electron chi connectivity index (χ1n) is 7.02. The highest BCUT2D eigenvalue weighted by Crippen LogP contribution is 2.31. The van der Waals surface area contributed by atoms with E-state index in [1.54, 1.807) is 0 Å². The van der Waals surface area contributed by atoms with Crippen LogP contribution in [0.15, 0.2) is 24.3 Å². The van der Waals surface area contributed by atoms with Crippen LogP contribution in [0.25, 0.3) is 0 Å². The minimum atomic E-state index is -0.720. The van der Waals surface area contributed by atoms with Gasteiger partial charge in [0.05, 0.1) is 0 Å². The van der Waals surface area contributed by atoms with E-state index in [9.17, 15) is 9.59 Å². The Morgan fingerprint density at radius 3 is 2.52 bits per heavy atom. The van der Waals surface area contributed by atoms with E-state index in [4.69, 9.17) is 9.47 Å². The van der Waals surface area contributed by atoms with Crippen molar-refractivity contribution in [1.29, 1.82) is 0 Å². The number of hydrogen-bond acceptors (Lipinski definition) is 4. The summed E-state index contributed by atoms with van der Waals surface area (Å²) >= 11 is 0. The van der Waals surface area contributed by atoms with Gasteiger partial charge in [-0.05, 0) is 32.8 Å². The summed E-state index contributed by atoms with van der Waals surface area (Å²) in [4.78, 5) is 25.2. The van der Waals surface area contributed by atoms with Crippen LogP contribution in [0.4, 0.5) is 4.79 Å². The monoisotopic (exact) mass is 291 g/mol. The third kappa shape index (κ3) is 3.74. The predicted molar refractivity (Wildman–Crippen MR) is 77.6 cm³/mol. The number of nitrogens with zero attached hydrogens (tertiary/aromatic N) is 1. The molecule has 21 heavy (non-hydrogen) atoms. The average molecular weight is 291 g/mol. The average Bonchev–Trinajstić information content (AvgIpc) is 2.36. The van der Waals surface area contributed by atoms with Crippen LogP contribution < -0.4 is 0 Å². The quantitative estimate of drug-likeness (QED) is 0.746. The molecule has 1 amide bonds. The fraction of sp³-hybridized carbons (Fsp3) is 0.500. The van der Waals surface area contributed by atoms with Crippen LogP contribution in [-0.2, 0) is 20.7 Å². The minimum Gasteiger partial charge on any atom is -0.444 e. The van der Waals surface area contributed by atoms with Crippen molar-refractivity contribution in [1.82, 2.24) is 4.90 Å². The summed E-state index contributed by atoms with van der Waals surface area (Å²) in [7, 11) is 0. The Kier molecular flexibility index (Phi) is 4.21. The lowest BCUT2D eigenvalue weighted by molar-refractivity contribution is -0.157. The van der Waals surface area contributed by atoms with Crippen molar-refractivity contribution in [3.8, 4) is 0 Å². The lowest BCUT2D eigenvalue weighted by Crippen LogP contribution is -2.44. The van der Waals surface area contributed by atoms with Gasteiger partial charge in [-0.3, -0.25) is 9.69 Å². The van der Waals surface area contributed by atoms with Crippen LogP contribution in [0.3, 0.4) is 0 Å². The van der Waals surface area contributed by atoms with Gasteiger partial charge in [0, 0.05) is 19.0 Å². The van der Waals surface area contributed by atoms with E-state index in [1.807, 2.05) is 45.0 Å². The lowest BCUT2D eigenvalue weighted by atomic mass is 9.98. The van der Waals surface area contributed by atoms with E-state index in [1.165, 1.54) is 11.8 Å². The van der Waals surface area contributed by atoms with Gasteiger partial charge in [-0.2, -0.15) is 0 Å². The highest BCUT2D eigenvalue weighted by molar-refractivity contribution is 5.71. The molecule has 5 nitrogen and oxygen atoms in total. The van der Waals surface area contributed by atoms with Crippen molar-refractivity contribution in [2.24, 2.45) is 0 Å². The lowest BCUT2D eigenvalue weighted by Gasteiger charge is -2.37. The zero-order chi connectivity index (χ0) is 15.6. The number of benzene rings is 1. The van der Waals surface area contributed by atoms with E-state index in [0.717, 1.165) is 11.1 Å². The summed E-state index contributed by atoms with van der Waals surface area (Å²) in [6.45, 7) is 7.23. The number of amides is 1. The zero-order valence-electron chi connectivity index (χ0n) is 12.9. The van der Waals surface area contributed by atoms with E-state index in [-0.39, 0.29) is 0 Å². The summed E-state index contributed by atoms with van der Waals surface area (Å²) in [5, 5.41) is 0. The number of hydrogen-bond donors (Lipinski definition) is 0. The van der Waals surface area contributed by atoms with Crippen molar-refractivity contribution >= 4 is 12.1 Å². The molecule has 1 aromatic carbocycles. The Balaban J connectivity index is 2.29. The van der Waals surface area contributed by atoms with Crippen LogP contribution >= 0.6 is 0 Å². The molecule has 1 aliphatic rings. The van der Waals surface area contributed by atoms with E-state index in [2.05, 4.69) is 0 Å². The molecule has 1 heterocycles. The molecule has 0 radical (unpaired) electrons. The molecule has 5 heteroatoms. The zero-order valence-corrected chi connectivity index (χ0v) is 12.9. The molecular weight excluding hydrogens is 270 g/mol. The molecule has 0 aliphatic carbocycles.